The first-order chi connectivity index (χ1) is 9.33. The lowest BCUT2D eigenvalue weighted by molar-refractivity contribution is 0.0458. The monoisotopic (exact) mass is 264 g/mol. The Kier molecular flexibility index (Phi) is 6.23. The molecular formula is C19H36. The average molecular weight is 264 g/mol. The van der Waals surface area contributed by atoms with Gasteiger partial charge in [-0.1, -0.05) is 65.2 Å². The molecule has 0 radical (unpaired) electrons. The van der Waals surface area contributed by atoms with E-state index in [1.165, 1.54) is 51.4 Å². The summed E-state index contributed by atoms with van der Waals surface area (Å²) in [6.07, 6.45) is 21.2. The van der Waals surface area contributed by atoms with Crippen LogP contribution in [0.4, 0.5) is 0 Å². The molecule has 2 aliphatic rings. The Morgan fingerprint density at radius 2 is 1.05 bits per heavy atom. The summed E-state index contributed by atoms with van der Waals surface area (Å²) in [4.78, 5) is 0. The Balaban J connectivity index is 2.13. The molecule has 0 atom stereocenters. The summed E-state index contributed by atoms with van der Waals surface area (Å²) in [5.41, 5.74) is 0.763. The average Bonchev–Trinajstić information content (AvgIpc) is 3.12. The molecule has 0 N–H and O–H groups in total. The fourth-order valence-electron chi connectivity index (χ4n) is 5.29. The fraction of sp³-hybridized carbons (Fsp3) is 1.00. The van der Waals surface area contributed by atoms with E-state index >= 15 is 0 Å². The Labute approximate surface area is 121 Å². The van der Waals surface area contributed by atoms with Gasteiger partial charge in [-0.25, -0.2) is 0 Å². The molecule has 112 valence electrons. The molecular weight excluding hydrogens is 228 g/mol. The standard InChI is InChI=1S/C19H36/c1-3-5-15-19(16-6-4-2,17-11-7-8-12-17)18-13-9-10-14-18/h17-18H,3-16H2,1-2H3. The van der Waals surface area contributed by atoms with E-state index in [1.807, 2.05) is 0 Å². The van der Waals surface area contributed by atoms with Crippen molar-refractivity contribution in [2.45, 2.75) is 104 Å². The molecule has 2 fully saturated rings. The summed E-state index contributed by atoms with van der Waals surface area (Å²) in [7, 11) is 0. The molecule has 0 unspecified atom stereocenters. The highest BCUT2D eigenvalue weighted by molar-refractivity contribution is 4.95. The highest BCUT2D eigenvalue weighted by atomic mass is 14.5. The number of unbranched alkanes of at least 4 members (excludes halogenated alkanes) is 2. The molecule has 2 rings (SSSR count). The second-order valence-corrected chi connectivity index (χ2v) is 7.40. The highest BCUT2D eigenvalue weighted by Crippen LogP contribution is 2.55. The molecule has 2 aliphatic carbocycles. The van der Waals surface area contributed by atoms with Gasteiger partial charge in [0.25, 0.3) is 0 Å². The van der Waals surface area contributed by atoms with Crippen molar-refractivity contribution in [1.82, 2.24) is 0 Å². The Bertz CT molecular complexity index is 204. The van der Waals surface area contributed by atoms with Gasteiger partial charge in [-0.15, -0.1) is 0 Å². The van der Waals surface area contributed by atoms with Gasteiger partial charge in [0.2, 0.25) is 0 Å². The van der Waals surface area contributed by atoms with Crippen molar-refractivity contribution in [2.75, 3.05) is 0 Å². The molecule has 0 bridgehead atoms. The summed E-state index contributed by atoms with van der Waals surface area (Å²) in [6.45, 7) is 4.77. The van der Waals surface area contributed by atoms with Crippen molar-refractivity contribution in [3.63, 3.8) is 0 Å². The highest BCUT2D eigenvalue weighted by Gasteiger charge is 2.45. The van der Waals surface area contributed by atoms with Crippen LogP contribution in [0, 0.1) is 17.3 Å². The van der Waals surface area contributed by atoms with Crippen LogP contribution in [0.1, 0.15) is 104 Å². The summed E-state index contributed by atoms with van der Waals surface area (Å²) >= 11 is 0. The van der Waals surface area contributed by atoms with Crippen molar-refractivity contribution in [1.29, 1.82) is 0 Å². The minimum absolute atomic E-state index is 0.763. The Morgan fingerprint density at radius 1 is 0.684 bits per heavy atom. The first kappa shape index (κ1) is 15.4. The van der Waals surface area contributed by atoms with Crippen LogP contribution in [-0.4, -0.2) is 0 Å². The maximum atomic E-state index is 2.38. The zero-order valence-corrected chi connectivity index (χ0v) is 13.6. The number of rotatable bonds is 8. The van der Waals surface area contributed by atoms with Crippen LogP contribution in [0.2, 0.25) is 0 Å². The SMILES string of the molecule is CCCCC(CCCC)(C1CCCC1)C1CCCC1. The molecule has 19 heavy (non-hydrogen) atoms. The van der Waals surface area contributed by atoms with E-state index in [1.54, 1.807) is 38.5 Å². The van der Waals surface area contributed by atoms with Crippen molar-refractivity contribution in [3.8, 4) is 0 Å². The van der Waals surface area contributed by atoms with Crippen molar-refractivity contribution >= 4 is 0 Å². The lowest BCUT2D eigenvalue weighted by atomic mass is 9.60. The van der Waals surface area contributed by atoms with Crippen LogP contribution in [0.3, 0.4) is 0 Å². The summed E-state index contributed by atoms with van der Waals surface area (Å²) in [6, 6.07) is 0. The molecule has 0 aromatic rings. The van der Waals surface area contributed by atoms with Crippen LogP contribution in [0.15, 0.2) is 0 Å². The summed E-state index contributed by atoms with van der Waals surface area (Å²) in [5, 5.41) is 0. The second kappa shape index (κ2) is 7.70. The number of hydrogen-bond acceptors (Lipinski definition) is 0. The topological polar surface area (TPSA) is 0 Å². The van der Waals surface area contributed by atoms with Crippen LogP contribution in [0.25, 0.3) is 0 Å². The normalized spacial score (nSPS) is 22.4. The number of hydrogen-bond donors (Lipinski definition) is 0. The third-order valence-corrected chi connectivity index (χ3v) is 6.33. The van der Waals surface area contributed by atoms with Crippen LogP contribution >= 0.6 is 0 Å². The summed E-state index contributed by atoms with van der Waals surface area (Å²) < 4.78 is 0. The van der Waals surface area contributed by atoms with Gasteiger partial charge in [-0.3, -0.25) is 0 Å². The molecule has 0 amide bonds. The molecule has 0 aromatic heterocycles. The Morgan fingerprint density at radius 3 is 1.37 bits per heavy atom. The quantitative estimate of drug-likeness (QED) is 0.455. The van der Waals surface area contributed by atoms with Gasteiger partial charge in [0, 0.05) is 0 Å². The van der Waals surface area contributed by atoms with Gasteiger partial charge < -0.3 is 0 Å². The predicted octanol–water partition coefficient (Wildman–Crippen LogP) is 6.73. The first-order valence-electron chi connectivity index (χ1n) is 9.33. The molecule has 2 saturated carbocycles. The lowest BCUT2D eigenvalue weighted by Gasteiger charge is -2.45. The molecule has 0 aromatic carbocycles. The van der Waals surface area contributed by atoms with Gasteiger partial charge in [0.15, 0.2) is 0 Å². The minimum Gasteiger partial charge on any atom is -0.0654 e. The van der Waals surface area contributed by atoms with E-state index in [-0.39, 0.29) is 0 Å². The molecule has 0 heteroatoms. The molecule has 0 saturated heterocycles. The molecule has 0 aliphatic heterocycles. The predicted molar refractivity (Wildman–Crippen MR) is 85.4 cm³/mol. The molecule has 0 heterocycles. The van der Waals surface area contributed by atoms with E-state index in [0.29, 0.717) is 0 Å². The zero-order valence-electron chi connectivity index (χ0n) is 13.6. The maximum absolute atomic E-state index is 2.38. The third kappa shape index (κ3) is 3.56. The minimum atomic E-state index is 0.763. The summed E-state index contributed by atoms with van der Waals surface area (Å²) in [5.74, 6) is 2.18. The van der Waals surface area contributed by atoms with E-state index in [9.17, 15) is 0 Å². The first-order valence-corrected chi connectivity index (χ1v) is 9.33. The van der Waals surface area contributed by atoms with Crippen molar-refractivity contribution in [3.05, 3.63) is 0 Å². The van der Waals surface area contributed by atoms with E-state index in [4.69, 9.17) is 0 Å². The Hall–Kier alpha value is 0. The molecule has 0 spiro atoms. The van der Waals surface area contributed by atoms with Crippen LogP contribution in [0.5, 0.6) is 0 Å². The second-order valence-electron chi connectivity index (χ2n) is 7.40. The van der Waals surface area contributed by atoms with Gasteiger partial charge in [-0.2, -0.15) is 0 Å². The van der Waals surface area contributed by atoms with Gasteiger partial charge in [0.1, 0.15) is 0 Å². The molecule has 0 nitrogen and oxygen atoms in total. The van der Waals surface area contributed by atoms with E-state index in [0.717, 1.165) is 17.3 Å². The van der Waals surface area contributed by atoms with E-state index < -0.39 is 0 Å². The van der Waals surface area contributed by atoms with E-state index in [2.05, 4.69) is 13.8 Å². The maximum Gasteiger partial charge on any atom is -0.0241 e. The largest absolute Gasteiger partial charge is 0.0654 e. The third-order valence-electron chi connectivity index (χ3n) is 6.33. The van der Waals surface area contributed by atoms with Crippen molar-refractivity contribution in [2.24, 2.45) is 17.3 Å². The lowest BCUT2D eigenvalue weighted by Crippen LogP contribution is -2.36. The smallest absolute Gasteiger partial charge is 0.0241 e. The fourth-order valence-corrected chi connectivity index (χ4v) is 5.29. The van der Waals surface area contributed by atoms with Crippen LogP contribution in [-0.2, 0) is 0 Å². The van der Waals surface area contributed by atoms with Crippen molar-refractivity contribution < 1.29 is 0 Å². The van der Waals surface area contributed by atoms with Gasteiger partial charge in [0.05, 0.1) is 0 Å². The van der Waals surface area contributed by atoms with Gasteiger partial charge >= 0.3 is 0 Å². The zero-order chi connectivity index (χ0) is 13.6. The van der Waals surface area contributed by atoms with Gasteiger partial charge in [-0.05, 0) is 55.8 Å². The van der Waals surface area contributed by atoms with Crippen LogP contribution < -0.4 is 0 Å².